The third kappa shape index (κ3) is 1.12. The van der Waals surface area contributed by atoms with E-state index < -0.39 is 5.97 Å². The van der Waals surface area contributed by atoms with Crippen molar-refractivity contribution in [2.45, 2.75) is 12.8 Å². The smallest absolute Gasteiger partial charge is 0.308 e. The van der Waals surface area contributed by atoms with Gasteiger partial charge in [-0.2, -0.15) is 0 Å². The Labute approximate surface area is 75.9 Å². The zero-order valence-corrected chi connectivity index (χ0v) is 7.40. The molecule has 2 fully saturated rings. The van der Waals surface area contributed by atoms with E-state index in [-0.39, 0.29) is 29.6 Å². The number of rotatable bonds is 2. The van der Waals surface area contributed by atoms with Crippen molar-refractivity contribution < 1.29 is 19.4 Å². The van der Waals surface area contributed by atoms with Crippen LogP contribution in [0.5, 0.6) is 0 Å². The highest BCUT2D eigenvalue weighted by molar-refractivity contribution is 5.80. The monoisotopic (exact) mass is 184 g/mol. The number of carbonyl (C=O) groups excluding carboxylic acids is 1. The lowest BCUT2D eigenvalue weighted by Crippen LogP contribution is -2.19. The fourth-order valence-corrected chi connectivity index (χ4v) is 2.66. The van der Waals surface area contributed by atoms with Gasteiger partial charge in [-0.15, -0.1) is 0 Å². The molecule has 1 N–H and O–H groups in total. The molecule has 0 radical (unpaired) electrons. The first-order valence-corrected chi connectivity index (χ1v) is 4.47. The predicted octanol–water partition coefficient (Wildman–Crippen LogP) is 0.516. The molecule has 4 atom stereocenters. The Bertz CT molecular complexity index is 260. The lowest BCUT2D eigenvalue weighted by Gasteiger charge is -2.09. The Hall–Kier alpha value is -1.06. The fourth-order valence-electron chi connectivity index (χ4n) is 2.66. The van der Waals surface area contributed by atoms with Crippen molar-refractivity contribution in [3.63, 3.8) is 0 Å². The van der Waals surface area contributed by atoms with Crippen LogP contribution >= 0.6 is 0 Å². The Balaban J connectivity index is 2.03. The van der Waals surface area contributed by atoms with Gasteiger partial charge in [-0.05, 0) is 24.7 Å². The number of aliphatic carboxylic acids is 1. The van der Waals surface area contributed by atoms with Crippen LogP contribution in [0.2, 0.25) is 0 Å². The second-order valence-electron chi connectivity index (χ2n) is 3.81. The molecule has 0 amide bonds. The molecule has 4 nitrogen and oxygen atoms in total. The molecule has 0 heterocycles. The lowest BCUT2D eigenvalue weighted by atomic mass is 10.0. The first-order valence-electron chi connectivity index (χ1n) is 4.47. The van der Waals surface area contributed by atoms with E-state index in [9.17, 15) is 9.59 Å². The summed E-state index contributed by atoms with van der Waals surface area (Å²) in [6, 6.07) is 0. The second-order valence-corrected chi connectivity index (χ2v) is 3.81. The zero-order valence-electron chi connectivity index (χ0n) is 7.40. The largest absolute Gasteiger partial charge is 0.481 e. The van der Waals surface area contributed by atoms with E-state index in [1.165, 1.54) is 7.11 Å². The molecule has 2 aliphatic rings. The average Bonchev–Trinajstić information content (AvgIpc) is 2.68. The summed E-state index contributed by atoms with van der Waals surface area (Å²) in [4.78, 5) is 21.9. The van der Waals surface area contributed by atoms with Gasteiger partial charge in [-0.25, -0.2) is 0 Å². The summed E-state index contributed by atoms with van der Waals surface area (Å²) in [7, 11) is 1.35. The molecular weight excluding hydrogens is 172 g/mol. The molecular formula is C9H12O4. The number of carboxylic acid groups (broad SMARTS) is 1. The van der Waals surface area contributed by atoms with Crippen molar-refractivity contribution in [2.75, 3.05) is 7.11 Å². The highest BCUT2D eigenvalue weighted by atomic mass is 16.5. The van der Waals surface area contributed by atoms with Crippen LogP contribution in [0.4, 0.5) is 0 Å². The van der Waals surface area contributed by atoms with E-state index >= 15 is 0 Å². The van der Waals surface area contributed by atoms with E-state index in [1.807, 2.05) is 0 Å². The molecule has 13 heavy (non-hydrogen) atoms. The second kappa shape index (κ2) is 2.72. The summed E-state index contributed by atoms with van der Waals surface area (Å²) in [5.74, 6) is -1.14. The van der Waals surface area contributed by atoms with E-state index in [4.69, 9.17) is 5.11 Å². The molecule has 0 spiro atoms. The number of ether oxygens (including phenoxy) is 1. The summed E-state index contributed by atoms with van der Waals surface area (Å²) in [6.07, 6.45) is 1.66. The van der Waals surface area contributed by atoms with E-state index in [2.05, 4.69) is 4.74 Å². The quantitative estimate of drug-likeness (QED) is 0.635. The minimum absolute atomic E-state index is 0.0601. The van der Waals surface area contributed by atoms with E-state index in [0.29, 0.717) is 0 Å². The zero-order chi connectivity index (χ0) is 9.59. The van der Waals surface area contributed by atoms with Gasteiger partial charge >= 0.3 is 11.9 Å². The van der Waals surface area contributed by atoms with Crippen LogP contribution in [0, 0.1) is 23.7 Å². The van der Waals surface area contributed by atoms with Crippen LogP contribution < -0.4 is 0 Å². The number of hydrogen-bond donors (Lipinski definition) is 1. The Morgan fingerprint density at radius 3 is 2.54 bits per heavy atom. The van der Waals surface area contributed by atoms with Crippen molar-refractivity contribution in [1.29, 1.82) is 0 Å². The summed E-state index contributed by atoms with van der Waals surface area (Å²) in [5.41, 5.74) is 0. The summed E-state index contributed by atoms with van der Waals surface area (Å²) in [5, 5.41) is 8.78. The molecule has 0 aromatic heterocycles. The van der Waals surface area contributed by atoms with Crippen LogP contribution in [-0.4, -0.2) is 24.2 Å². The van der Waals surface area contributed by atoms with Crippen molar-refractivity contribution in [3.8, 4) is 0 Å². The van der Waals surface area contributed by atoms with Gasteiger partial charge in [-0.1, -0.05) is 0 Å². The molecule has 4 heteroatoms. The Morgan fingerprint density at radius 1 is 1.38 bits per heavy atom. The van der Waals surface area contributed by atoms with Crippen LogP contribution in [0.1, 0.15) is 12.8 Å². The highest BCUT2D eigenvalue weighted by Gasteiger charge is 2.63. The van der Waals surface area contributed by atoms with Crippen LogP contribution in [-0.2, 0) is 14.3 Å². The first-order chi connectivity index (χ1) is 6.16. The van der Waals surface area contributed by atoms with Gasteiger partial charge in [0.25, 0.3) is 0 Å². The minimum atomic E-state index is -0.761. The normalized spacial score (nSPS) is 41.0. The number of carboxylic acids is 1. The van der Waals surface area contributed by atoms with Crippen molar-refractivity contribution in [3.05, 3.63) is 0 Å². The topological polar surface area (TPSA) is 63.6 Å². The number of carbonyl (C=O) groups is 2. The maximum Gasteiger partial charge on any atom is 0.308 e. The van der Waals surface area contributed by atoms with Gasteiger partial charge in [0.2, 0.25) is 0 Å². The minimum Gasteiger partial charge on any atom is -0.481 e. The fraction of sp³-hybridized carbons (Fsp3) is 0.778. The maximum atomic E-state index is 11.2. The van der Waals surface area contributed by atoms with Crippen molar-refractivity contribution in [1.82, 2.24) is 0 Å². The van der Waals surface area contributed by atoms with Crippen molar-refractivity contribution >= 4 is 11.9 Å². The van der Waals surface area contributed by atoms with Gasteiger partial charge in [0, 0.05) is 0 Å². The molecule has 2 saturated carbocycles. The molecule has 0 aromatic rings. The number of esters is 1. The summed E-state index contributed by atoms with van der Waals surface area (Å²) in [6.45, 7) is 0. The molecule has 4 unspecified atom stereocenters. The van der Waals surface area contributed by atoms with Gasteiger partial charge < -0.3 is 9.84 Å². The van der Waals surface area contributed by atoms with Crippen LogP contribution in [0.25, 0.3) is 0 Å². The molecule has 2 rings (SSSR count). The van der Waals surface area contributed by atoms with Crippen molar-refractivity contribution in [2.24, 2.45) is 23.7 Å². The number of fused-ring (bicyclic) bond motifs is 1. The predicted molar refractivity (Wildman–Crippen MR) is 42.8 cm³/mol. The summed E-state index contributed by atoms with van der Waals surface area (Å²) < 4.78 is 4.63. The van der Waals surface area contributed by atoms with E-state index in [0.717, 1.165) is 12.8 Å². The molecule has 0 aromatic carbocycles. The number of methoxy groups -OCH3 is 1. The molecule has 2 aliphatic carbocycles. The highest BCUT2D eigenvalue weighted by Crippen LogP contribution is 2.60. The third-order valence-corrected chi connectivity index (χ3v) is 3.29. The SMILES string of the molecule is COC(=O)C1CCC2C(C(=O)O)C12. The van der Waals surface area contributed by atoms with Gasteiger partial charge in [0.15, 0.2) is 0 Å². The average molecular weight is 184 g/mol. The Kier molecular flexibility index (Phi) is 1.78. The molecule has 0 bridgehead atoms. The van der Waals surface area contributed by atoms with Gasteiger partial charge in [0.1, 0.15) is 0 Å². The Morgan fingerprint density at radius 2 is 2.08 bits per heavy atom. The van der Waals surface area contributed by atoms with Gasteiger partial charge in [-0.3, -0.25) is 9.59 Å². The standard InChI is InChI=1S/C9H12O4/c1-13-9(12)5-3-2-4-6(5)7(4)8(10)11/h4-7H,2-3H2,1H3,(H,10,11). The maximum absolute atomic E-state index is 11.2. The van der Waals surface area contributed by atoms with Gasteiger partial charge in [0.05, 0.1) is 18.9 Å². The number of hydrogen-bond acceptors (Lipinski definition) is 3. The molecule has 0 saturated heterocycles. The third-order valence-electron chi connectivity index (χ3n) is 3.29. The van der Waals surface area contributed by atoms with Crippen LogP contribution in [0.3, 0.4) is 0 Å². The van der Waals surface area contributed by atoms with E-state index in [1.54, 1.807) is 0 Å². The van der Waals surface area contributed by atoms with Crippen LogP contribution in [0.15, 0.2) is 0 Å². The first kappa shape index (κ1) is 8.53. The summed E-state index contributed by atoms with van der Waals surface area (Å²) >= 11 is 0. The lowest BCUT2D eigenvalue weighted by molar-refractivity contribution is -0.146. The molecule has 0 aliphatic heterocycles. The molecule has 72 valence electrons.